The van der Waals surface area contributed by atoms with E-state index >= 15 is 0 Å². The summed E-state index contributed by atoms with van der Waals surface area (Å²) in [5, 5.41) is 3.55. The fourth-order valence-electron chi connectivity index (χ4n) is 4.29. The van der Waals surface area contributed by atoms with E-state index in [1.165, 1.54) is 43.2 Å². The number of rotatable bonds is 4. The lowest BCUT2D eigenvalue weighted by Crippen LogP contribution is -2.40. The molecular formula is C19H29NO. The van der Waals surface area contributed by atoms with Gasteiger partial charge in [-0.1, -0.05) is 31.0 Å². The van der Waals surface area contributed by atoms with E-state index in [-0.39, 0.29) is 0 Å². The van der Waals surface area contributed by atoms with E-state index in [2.05, 4.69) is 44.4 Å². The van der Waals surface area contributed by atoms with E-state index in [0.29, 0.717) is 12.1 Å². The molecule has 1 aromatic rings. The van der Waals surface area contributed by atoms with Gasteiger partial charge in [0, 0.05) is 12.5 Å². The average Bonchev–Trinajstić information content (AvgIpc) is 2.88. The second kappa shape index (κ2) is 6.39. The average molecular weight is 287 g/mol. The lowest BCUT2D eigenvalue weighted by molar-refractivity contribution is 0.131. The largest absolute Gasteiger partial charge is 0.490 e. The summed E-state index contributed by atoms with van der Waals surface area (Å²) in [5.41, 5.74) is 2.75. The van der Waals surface area contributed by atoms with Gasteiger partial charge in [-0.05, 0) is 63.1 Å². The summed E-state index contributed by atoms with van der Waals surface area (Å²) in [5.74, 6) is 2.81. The molecule has 1 aromatic carbocycles. The number of hydrogen-bond acceptors (Lipinski definition) is 2. The van der Waals surface area contributed by atoms with Crippen LogP contribution in [0, 0.1) is 18.8 Å². The first-order valence-electron chi connectivity index (χ1n) is 8.63. The summed E-state index contributed by atoms with van der Waals surface area (Å²) in [6.45, 7) is 4.50. The quantitative estimate of drug-likeness (QED) is 0.900. The Kier molecular flexibility index (Phi) is 4.54. The highest BCUT2D eigenvalue weighted by Crippen LogP contribution is 2.38. The van der Waals surface area contributed by atoms with Gasteiger partial charge >= 0.3 is 0 Å². The van der Waals surface area contributed by atoms with Crippen LogP contribution in [0.3, 0.4) is 0 Å². The third-order valence-corrected chi connectivity index (χ3v) is 5.56. The molecule has 0 saturated heterocycles. The molecule has 1 saturated carbocycles. The number of hydrogen-bond donors (Lipinski definition) is 1. The fourth-order valence-corrected chi connectivity index (χ4v) is 4.29. The van der Waals surface area contributed by atoms with Gasteiger partial charge in [-0.25, -0.2) is 0 Å². The molecule has 0 spiro atoms. The standard InChI is InChI=1S/C19H29NO/c1-4-14-6-7-18(20-3)15(10-14)11-17-12-16-9-13(2)5-8-19(16)21-17/h5,8-9,14-15,17-18,20H,4,6-7,10-12H2,1-3H3. The smallest absolute Gasteiger partial charge is 0.123 e. The topological polar surface area (TPSA) is 21.3 Å². The normalized spacial score (nSPS) is 31.8. The van der Waals surface area contributed by atoms with Crippen LogP contribution in [0.1, 0.15) is 50.2 Å². The third-order valence-electron chi connectivity index (χ3n) is 5.56. The molecule has 1 aliphatic heterocycles. The molecule has 2 heteroatoms. The van der Waals surface area contributed by atoms with Crippen LogP contribution in [0.5, 0.6) is 5.75 Å². The molecule has 1 aliphatic carbocycles. The van der Waals surface area contributed by atoms with E-state index in [4.69, 9.17) is 4.74 Å². The van der Waals surface area contributed by atoms with Crippen molar-refractivity contribution in [2.45, 2.75) is 64.5 Å². The van der Waals surface area contributed by atoms with Crippen molar-refractivity contribution < 1.29 is 4.74 Å². The summed E-state index contributed by atoms with van der Waals surface area (Å²) in [7, 11) is 2.12. The van der Waals surface area contributed by atoms with Crippen LogP contribution in [0.4, 0.5) is 0 Å². The van der Waals surface area contributed by atoms with Gasteiger partial charge in [0.25, 0.3) is 0 Å². The van der Waals surface area contributed by atoms with Gasteiger partial charge in [0.2, 0.25) is 0 Å². The Labute approximate surface area is 129 Å². The molecule has 0 bridgehead atoms. The van der Waals surface area contributed by atoms with E-state index in [0.717, 1.165) is 24.0 Å². The van der Waals surface area contributed by atoms with Crippen molar-refractivity contribution in [2.75, 3.05) is 7.05 Å². The molecule has 0 amide bonds. The minimum atomic E-state index is 0.387. The molecule has 2 aliphatic rings. The predicted molar refractivity (Wildman–Crippen MR) is 87.9 cm³/mol. The summed E-state index contributed by atoms with van der Waals surface area (Å²) in [6.07, 6.45) is 8.12. The molecule has 0 radical (unpaired) electrons. The molecule has 3 rings (SSSR count). The molecule has 21 heavy (non-hydrogen) atoms. The highest BCUT2D eigenvalue weighted by atomic mass is 16.5. The monoisotopic (exact) mass is 287 g/mol. The zero-order valence-corrected chi connectivity index (χ0v) is 13.7. The first-order chi connectivity index (χ1) is 10.2. The van der Waals surface area contributed by atoms with Crippen molar-refractivity contribution in [3.63, 3.8) is 0 Å². The maximum atomic E-state index is 6.20. The molecule has 4 unspecified atom stereocenters. The van der Waals surface area contributed by atoms with E-state index < -0.39 is 0 Å². The molecule has 116 valence electrons. The van der Waals surface area contributed by atoms with Crippen LogP contribution >= 0.6 is 0 Å². The Bertz CT molecular complexity index is 484. The van der Waals surface area contributed by atoms with E-state index in [1.54, 1.807) is 0 Å². The van der Waals surface area contributed by atoms with Gasteiger partial charge in [-0.2, -0.15) is 0 Å². The molecule has 2 nitrogen and oxygen atoms in total. The number of nitrogens with one attached hydrogen (secondary N) is 1. The Morgan fingerprint density at radius 2 is 2.14 bits per heavy atom. The zero-order chi connectivity index (χ0) is 14.8. The number of fused-ring (bicyclic) bond motifs is 1. The maximum Gasteiger partial charge on any atom is 0.123 e. The van der Waals surface area contributed by atoms with Crippen LogP contribution < -0.4 is 10.1 Å². The first kappa shape index (κ1) is 14.9. The Morgan fingerprint density at radius 3 is 2.90 bits per heavy atom. The van der Waals surface area contributed by atoms with E-state index in [9.17, 15) is 0 Å². The van der Waals surface area contributed by atoms with Crippen molar-refractivity contribution in [3.05, 3.63) is 29.3 Å². The van der Waals surface area contributed by atoms with Crippen molar-refractivity contribution in [1.82, 2.24) is 5.32 Å². The SMILES string of the molecule is CCC1CCC(NC)C(CC2Cc3cc(C)ccc3O2)C1. The van der Waals surface area contributed by atoms with Crippen LogP contribution in [0.25, 0.3) is 0 Å². The Morgan fingerprint density at radius 1 is 1.29 bits per heavy atom. The van der Waals surface area contributed by atoms with Gasteiger partial charge in [-0.3, -0.25) is 0 Å². The molecule has 1 fully saturated rings. The Balaban J connectivity index is 1.63. The third kappa shape index (κ3) is 3.26. The van der Waals surface area contributed by atoms with Gasteiger partial charge < -0.3 is 10.1 Å². The lowest BCUT2D eigenvalue weighted by atomic mass is 9.74. The maximum absolute atomic E-state index is 6.20. The highest BCUT2D eigenvalue weighted by molar-refractivity contribution is 5.40. The fraction of sp³-hybridized carbons (Fsp3) is 0.684. The van der Waals surface area contributed by atoms with Crippen molar-refractivity contribution >= 4 is 0 Å². The van der Waals surface area contributed by atoms with Gasteiger partial charge in [0.1, 0.15) is 11.9 Å². The molecule has 0 aromatic heterocycles. The number of benzene rings is 1. The molecule has 4 atom stereocenters. The predicted octanol–water partition coefficient (Wildman–Crippen LogP) is 4.10. The van der Waals surface area contributed by atoms with Crippen molar-refractivity contribution in [3.8, 4) is 5.75 Å². The molecule has 1 N–H and O–H groups in total. The van der Waals surface area contributed by atoms with Crippen LogP contribution in [0.2, 0.25) is 0 Å². The van der Waals surface area contributed by atoms with Crippen LogP contribution in [0.15, 0.2) is 18.2 Å². The molecule has 1 heterocycles. The Hall–Kier alpha value is -1.02. The van der Waals surface area contributed by atoms with Gasteiger partial charge in [0.05, 0.1) is 0 Å². The van der Waals surface area contributed by atoms with Gasteiger partial charge in [0.15, 0.2) is 0 Å². The second-order valence-corrected chi connectivity index (χ2v) is 7.03. The summed E-state index contributed by atoms with van der Waals surface area (Å²) < 4.78 is 6.20. The van der Waals surface area contributed by atoms with Gasteiger partial charge in [-0.15, -0.1) is 0 Å². The van der Waals surface area contributed by atoms with E-state index in [1.807, 2.05) is 0 Å². The zero-order valence-electron chi connectivity index (χ0n) is 13.7. The van der Waals surface area contributed by atoms with Crippen molar-refractivity contribution in [1.29, 1.82) is 0 Å². The second-order valence-electron chi connectivity index (χ2n) is 7.03. The first-order valence-corrected chi connectivity index (χ1v) is 8.63. The summed E-state index contributed by atoms with van der Waals surface area (Å²) >= 11 is 0. The number of aryl methyl sites for hydroxylation is 1. The minimum Gasteiger partial charge on any atom is -0.490 e. The minimum absolute atomic E-state index is 0.387. The van der Waals surface area contributed by atoms with Crippen molar-refractivity contribution in [2.24, 2.45) is 11.8 Å². The summed E-state index contributed by atoms with van der Waals surface area (Å²) in [6, 6.07) is 7.28. The highest BCUT2D eigenvalue weighted by Gasteiger charge is 2.33. The van der Waals surface area contributed by atoms with Crippen LogP contribution in [-0.2, 0) is 6.42 Å². The molecular weight excluding hydrogens is 258 g/mol. The van der Waals surface area contributed by atoms with Crippen LogP contribution in [-0.4, -0.2) is 19.2 Å². The number of ether oxygens (including phenoxy) is 1. The summed E-state index contributed by atoms with van der Waals surface area (Å²) in [4.78, 5) is 0. The lowest BCUT2D eigenvalue weighted by Gasteiger charge is -2.37.